The highest BCUT2D eigenvalue weighted by Gasteiger charge is 2.15. The maximum Gasteiger partial charge on any atom is 0.254 e. The third-order valence-electron chi connectivity index (χ3n) is 4.94. The number of aryl methyl sites for hydroxylation is 3. The lowest BCUT2D eigenvalue weighted by Gasteiger charge is -2.10. The van der Waals surface area contributed by atoms with Crippen molar-refractivity contribution in [3.63, 3.8) is 0 Å². The number of carbonyl (C=O) groups excluding carboxylic acids is 1. The van der Waals surface area contributed by atoms with Crippen LogP contribution in [0.1, 0.15) is 33.8 Å². The SMILES string of the molecule is Cc1noc(C)c1CSc1ncccc1C(=O)NCCCn1cnc2ccccc21. The number of carbonyl (C=O) groups is 1. The second-order valence-electron chi connectivity index (χ2n) is 6.98. The number of fused-ring (bicyclic) bond motifs is 1. The van der Waals surface area contributed by atoms with Gasteiger partial charge in [0.15, 0.2) is 0 Å². The van der Waals surface area contributed by atoms with Gasteiger partial charge in [-0.3, -0.25) is 4.79 Å². The molecule has 0 fully saturated rings. The summed E-state index contributed by atoms with van der Waals surface area (Å²) in [5.41, 5.74) is 4.59. The van der Waals surface area contributed by atoms with Crippen molar-refractivity contribution in [2.45, 2.75) is 37.6 Å². The first-order chi connectivity index (χ1) is 14.6. The molecule has 1 amide bonds. The Bertz CT molecular complexity index is 1150. The molecule has 1 aromatic carbocycles. The van der Waals surface area contributed by atoms with E-state index in [0.29, 0.717) is 22.9 Å². The molecule has 3 heterocycles. The van der Waals surface area contributed by atoms with Crippen LogP contribution in [0.2, 0.25) is 0 Å². The van der Waals surface area contributed by atoms with Crippen LogP contribution in [-0.4, -0.2) is 32.1 Å². The zero-order valence-corrected chi connectivity index (χ0v) is 17.8. The average Bonchev–Trinajstić information content (AvgIpc) is 3.32. The van der Waals surface area contributed by atoms with Crippen molar-refractivity contribution < 1.29 is 9.32 Å². The molecule has 0 atom stereocenters. The number of nitrogens with one attached hydrogen (secondary N) is 1. The van der Waals surface area contributed by atoms with Gasteiger partial charge < -0.3 is 14.4 Å². The van der Waals surface area contributed by atoms with E-state index in [4.69, 9.17) is 4.52 Å². The minimum atomic E-state index is -0.111. The zero-order chi connectivity index (χ0) is 20.9. The molecule has 1 N–H and O–H groups in total. The molecule has 0 saturated heterocycles. The normalized spacial score (nSPS) is 11.1. The molecule has 0 aliphatic carbocycles. The molecular weight excluding hydrogens is 398 g/mol. The molecule has 8 heteroatoms. The van der Waals surface area contributed by atoms with Crippen molar-refractivity contribution in [1.29, 1.82) is 0 Å². The van der Waals surface area contributed by atoms with Gasteiger partial charge >= 0.3 is 0 Å². The predicted octanol–water partition coefficient (Wildman–Crippen LogP) is 4.15. The van der Waals surface area contributed by atoms with E-state index in [2.05, 4.69) is 31.1 Å². The van der Waals surface area contributed by atoms with E-state index in [1.54, 1.807) is 18.3 Å². The Labute approximate surface area is 178 Å². The first-order valence-corrected chi connectivity index (χ1v) is 10.8. The molecule has 0 bridgehead atoms. The summed E-state index contributed by atoms with van der Waals surface area (Å²) < 4.78 is 7.32. The molecule has 0 aliphatic rings. The highest BCUT2D eigenvalue weighted by atomic mass is 32.2. The Kier molecular flexibility index (Phi) is 6.13. The summed E-state index contributed by atoms with van der Waals surface area (Å²) in [6.07, 6.45) is 4.36. The van der Waals surface area contributed by atoms with Crippen LogP contribution in [0, 0.1) is 13.8 Å². The van der Waals surface area contributed by atoms with E-state index < -0.39 is 0 Å². The van der Waals surface area contributed by atoms with E-state index in [0.717, 1.165) is 41.0 Å². The molecule has 0 spiro atoms. The van der Waals surface area contributed by atoms with E-state index in [-0.39, 0.29) is 5.91 Å². The topological polar surface area (TPSA) is 85.8 Å². The average molecular weight is 422 g/mol. The summed E-state index contributed by atoms with van der Waals surface area (Å²) >= 11 is 1.52. The number of hydrogen-bond acceptors (Lipinski definition) is 6. The van der Waals surface area contributed by atoms with E-state index in [1.807, 2.05) is 38.4 Å². The van der Waals surface area contributed by atoms with Gasteiger partial charge in [-0.1, -0.05) is 17.3 Å². The molecular formula is C22H23N5O2S. The molecule has 3 aromatic heterocycles. The van der Waals surface area contributed by atoms with Crippen LogP contribution in [0.4, 0.5) is 0 Å². The minimum Gasteiger partial charge on any atom is -0.361 e. The van der Waals surface area contributed by atoms with Gasteiger partial charge in [0.05, 0.1) is 28.6 Å². The summed E-state index contributed by atoms with van der Waals surface area (Å²) in [5, 5.41) is 7.69. The summed E-state index contributed by atoms with van der Waals surface area (Å²) in [4.78, 5) is 21.5. The summed E-state index contributed by atoms with van der Waals surface area (Å²) in [6.45, 7) is 5.18. The fraction of sp³-hybridized carbons (Fsp3) is 0.273. The molecule has 0 saturated carbocycles. The van der Waals surface area contributed by atoms with Crippen molar-refractivity contribution in [2.75, 3.05) is 6.54 Å². The highest BCUT2D eigenvalue weighted by molar-refractivity contribution is 7.98. The Morgan fingerprint density at radius 1 is 1.17 bits per heavy atom. The van der Waals surface area contributed by atoms with Crippen LogP contribution in [0.15, 0.2) is 58.5 Å². The fourth-order valence-corrected chi connectivity index (χ4v) is 4.41. The number of rotatable bonds is 8. The van der Waals surface area contributed by atoms with Gasteiger partial charge in [0, 0.05) is 30.6 Å². The van der Waals surface area contributed by atoms with Crippen molar-refractivity contribution in [3.8, 4) is 0 Å². The number of hydrogen-bond donors (Lipinski definition) is 1. The summed E-state index contributed by atoms with van der Waals surface area (Å²) in [6, 6.07) is 11.6. The van der Waals surface area contributed by atoms with Crippen molar-refractivity contribution in [2.24, 2.45) is 0 Å². The lowest BCUT2D eigenvalue weighted by Crippen LogP contribution is -2.26. The number of aromatic nitrogens is 4. The standard InChI is InChI=1S/C22H23N5O2S/c1-15-18(16(2)29-26-15)13-30-22-17(7-5-10-24-22)21(28)23-11-6-12-27-14-25-19-8-3-4-9-20(19)27/h3-5,7-10,14H,6,11-13H2,1-2H3,(H,23,28). The van der Waals surface area contributed by atoms with Crippen LogP contribution in [0.25, 0.3) is 11.0 Å². The van der Waals surface area contributed by atoms with E-state index in [1.165, 1.54) is 11.8 Å². The lowest BCUT2D eigenvalue weighted by molar-refractivity contribution is 0.0949. The highest BCUT2D eigenvalue weighted by Crippen LogP contribution is 2.27. The van der Waals surface area contributed by atoms with Crippen LogP contribution >= 0.6 is 11.8 Å². The van der Waals surface area contributed by atoms with Crippen LogP contribution in [0.5, 0.6) is 0 Å². The van der Waals surface area contributed by atoms with E-state index >= 15 is 0 Å². The number of benzene rings is 1. The fourth-order valence-electron chi connectivity index (χ4n) is 3.26. The Hall–Kier alpha value is -3.13. The Morgan fingerprint density at radius 3 is 2.87 bits per heavy atom. The minimum absolute atomic E-state index is 0.111. The number of para-hydroxylation sites is 2. The third kappa shape index (κ3) is 4.38. The Morgan fingerprint density at radius 2 is 2.03 bits per heavy atom. The number of amides is 1. The number of thioether (sulfide) groups is 1. The molecule has 0 aliphatic heterocycles. The first-order valence-electron chi connectivity index (χ1n) is 9.81. The number of nitrogens with zero attached hydrogens (tertiary/aromatic N) is 4. The predicted molar refractivity (Wildman–Crippen MR) is 116 cm³/mol. The summed E-state index contributed by atoms with van der Waals surface area (Å²) in [7, 11) is 0. The van der Waals surface area contributed by atoms with Crippen molar-refractivity contribution >= 4 is 28.7 Å². The van der Waals surface area contributed by atoms with Crippen molar-refractivity contribution in [1.82, 2.24) is 25.0 Å². The largest absolute Gasteiger partial charge is 0.361 e. The van der Waals surface area contributed by atoms with Gasteiger partial charge in [0.25, 0.3) is 5.91 Å². The molecule has 7 nitrogen and oxygen atoms in total. The van der Waals surface area contributed by atoms with Crippen LogP contribution < -0.4 is 5.32 Å². The molecule has 0 unspecified atom stereocenters. The molecule has 4 aromatic rings. The number of imidazole rings is 1. The van der Waals surface area contributed by atoms with Gasteiger partial charge in [-0.25, -0.2) is 9.97 Å². The van der Waals surface area contributed by atoms with Crippen LogP contribution in [0.3, 0.4) is 0 Å². The van der Waals surface area contributed by atoms with Gasteiger partial charge in [-0.15, -0.1) is 11.8 Å². The van der Waals surface area contributed by atoms with Crippen molar-refractivity contribution in [3.05, 3.63) is 71.5 Å². The second kappa shape index (κ2) is 9.13. The number of pyridine rings is 1. The first kappa shape index (κ1) is 20.2. The van der Waals surface area contributed by atoms with Gasteiger partial charge in [0.2, 0.25) is 0 Å². The maximum atomic E-state index is 12.7. The molecule has 0 radical (unpaired) electrons. The second-order valence-corrected chi connectivity index (χ2v) is 7.95. The zero-order valence-electron chi connectivity index (χ0n) is 17.0. The molecule has 30 heavy (non-hydrogen) atoms. The van der Waals surface area contributed by atoms with Gasteiger partial charge in [-0.2, -0.15) is 0 Å². The summed E-state index contributed by atoms with van der Waals surface area (Å²) in [5.74, 6) is 1.35. The van der Waals surface area contributed by atoms with Gasteiger partial charge in [0.1, 0.15) is 10.8 Å². The van der Waals surface area contributed by atoms with Crippen LogP contribution in [-0.2, 0) is 12.3 Å². The quantitative estimate of drug-likeness (QED) is 0.340. The smallest absolute Gasteiger partial charge is 0.254 e. The molecule has 4 rings (SSSR count). The van der Waals surface area contributed by atoms with E-state index in [9.17, 15) is 4.79 Å². The maximum absolute atomic E-state index is 12.7. The third-order valence-corrected chi connectivity index (χ3v) is 5.97. The Balaban J connectivity index is 1.33. The lowest BCUT2D eigenvalue weighted by atomic mass is 10.2. The van der Waals surface area contributed by atoms with Gasteiger partial charge in [-0.05, 0) is 44.5 Å². The molecule has 154 valence electrons. The monoisotopic (exact) mass is 421 g/mol.